The zero-order valence-corrected chi connectivity index (χ0v) is 21.7. The molecule has 6 nitrogen and oxygen atoms in total. The largest absolute Gasteiger partial charge is 0.493 e. The number of nitrogens with one attached hydrogen (secondary N) is 1. The van der Waals surface area contributed by atoms with Crippen LogP contribution in [0.15, 0.2) is 60.7 Å². The Morgan fingerprint density at radius 3 is 2.84 bits per heavy atom. The topological polar surface area (TPSA) is 71.0 Å². The van der Waals surface area contributed by atoms with Gasteiger partial charge in [-0.15, -0.1) is 0 Å². The number of nitrogens with zero attached hydrogens (tertiary/aromatic N) is 1. The highest BCUT2D eigenvalue weighted by Crippen LogP contribution is 2.73. The van der Waals surface area contributed by atoms with Crippen molar-refractivity contribution in [2.75, 3.05) is 20.2 Å². The number of fused-ring (bicyclic) bond motifs is 1. The molecule has 2 spiro atoms. The lowest BCUT2D eigenvalue weighted by Crippen LogP contribution is -2.81. The van der Waals surface area contributed by atoms with E-state index in [2.05, 4.69) is 22.4 Å². The molecule has 0 radical (unpaired) electrons. The Bertz CT molecular complexity index is 1380. The molecule has 4 bridgehead atoms. The molecule has 3 fully saturated rings. The highest BCUT2D eigenvalue weighted by Gasteiger charge is 2.79. The third-order valence-electron chi connectivity index (χ3n) is 10.5. The SMILES string of the molecule is COc1ccc2c3c1OC1C4(O)C=C[C@@]5(CC4NC(=O)/C=C/c4ccccc4)[C@H](C2)N(CC2CC2)CC[C@]315. The number of hydrogen-bond donors (Lipinski definition) is 2. The van der Waals surface area contributed by atoms with Crippen molar-refractivity contribution in [3.05, 3.63) is 77.4 Å². The molecule has 38 heavy (non-hydrogen) atoms. The maximum absolute atomic E-state index is 13.2. The minimum absolute atomic E-state index is 0.191. The van der Waals surface area contributed by atoms with Gasteiger partial charge >= 0.3 is 0 Å². The second kappa shape index (κ2) is 7.73. The molecule has 2 heterocycles. The molecule has 6 atom stereocenters. The van der Waals surface area contributed by atoms with Crippen molar-refractivity contribution in [2.45, 2.75) is 61.3 Å². The number of carbonyl (C=O) groups is 1. The maximum atomic E-state index is 13.2. The standard InChI is InChI=1S/C32H34N2O4/c1-37-23-11-10-22-17-25-30-13-14-32(36,24(18-30)33-26(35)12-9-20-5-3-2-4-6-20)29-31(30,27(22)28(23)38-29)15-16-34(25)19-21-7-8-21/h2-6,9-14,21,24-25,29,36H,7-8,15-19H2,1H3,(H,33,35)/b12-9+/t24?,25-,29?,30+,31-,32?/m0/s1. The van der Waals surface area contributed by atoms with Crippen LogP contribution in [0.5, 0.6) is 11.5 Å². The Kier molecular flexibility index (Phi) is 4.65. The summed E-state index contributed by atoms with van der Waals surface area (Å²) >= 11 is 0. The normalized spacial score (nSPS) is 37.7. The van der Waals surface area contributed by atoms with Crippen molar-refractivity contribution < 1.29 is 19.4 Å². The summed E-state index contributed by atoms with van der Waals surface area (Å²) in [5.74, 6) is 2.14. The van der Waals surface area contributed by atoms with Crippen molar-refractivity contribution in [1.82, 2.24) is 10.2 Å². The number of benzene rings is 2. The smallest absolute Gasteiger partial charge is 0.244 e. The lowest BCUT2D eigenvalue weighted by atomic mass is 9.38. The van der Waals surface area contributed by atoms with E-state index in [1.165, 1.54) is 24.0 Å². The second-order valence-electron chi connectivity index (χ2n) is 12.3. The van der Waals surface area contributed by atoms with Crippen molar-refractivity contribution in [3.8, 4) is 11.5 Å². The molecule has 3 unspecified atom stereocenters. The molecule has 2 aromatic carbocycles. The number of carbonyl (C=O) groups excluding carboxylic acids is 1. The molecule has 196 valence electrons. The summed E-state index contributed by atoms with van der Waals surface area (Å²) in [4.78, 5) is 15.9. The van der Waals surface area contributed by atoms with Crippen molar-refractivity contribution >= 4 is 12.0 Å². The lowest BCUT2D eigenvalue weighted by Gasteiger charge is -2.70. The van der Waals surface area contributed by atoms with E-state index < -0.39 is 17.7 Å². The van der Waals surface area contributed by atoms with Crippen LogP contribution in [-0.4, -0.2) is 59.9 Å². The summed E-state index contributed by atoms with van der Waals surface area (Å²) in [6, 6.07) is 13.9. The minimum atomic E-state index is -1.31. The van der Waals surface area contributed by atoms with Gasteiger partial charge in [-0.2, -0.15) is 0 Å². The van der Waals surface area contributed by atoms with Gasteiger partial charge in [0.15, 0.2) is 11.5 Å². The van der Waals surface area contributed by atoms with Gasteiger partial charge in [0.25, 0.3) is 0 Å². The molecule has 2 N–H and O–H groups in total. The Morgan fingerprint density at radius 1 is 1.21 bits per heavy atom. The highest BCUT2D eigenvalue weighted by atomic mass is 16.5. The van der Waals surface area contributed by atoms with Crippen LogP contribution >= 0.6 is 0 Å². The predicted molar refractivity (Wildman–Crippen MR) is 144 cm³/mol. The van der Waals surface area contributed by atoms with Gasteiger partial charge in [0.2, 0.25) is 5.91 Å². The first-order valence-electron chi connectivity index (χ1n) is 14.1. The summed E-state index contributed by atoms with van der Waals surface area (Å²) in [6.07, 6.45) is 12.5. The predicted octanol–water partition coefficient (Wildman–Crippen LogP) is 3.62. The highest BCUT2D eigenvalue weighted by molar-refractivity contribution is 5.92. The summed E-state index contributed by atoms with van der Waals surface area (Å²) in [6.45, 7) is 2.15. The average molecular weight is 511 g/mol. The van der Waals surface area contributed by atoms with Gasteiger partial charge in [-0.3, -0.25) is 9.69 Å². The van der Waals surface area contributed by atoms with Gasteiger partial charge in [-0.1, -0.05) is 48.6 Å². The monoisotopic (exact) mass is 510 g/mol. The number of amides is 1. The van der Waals surface area contributed by atoms with E-state index in [0.29, 0.717) is 12.5 Å². The molecule has 2 saturated carbocycles. The van der Waals surface area contributed by atoms with E-state index in [0.717, 1.165) is 48.9 Å². The van der Waals surface area contributed by atoms with Crippen molar-refractivity contribution in [2.24, 2.45) is 11.3 Å². The van der Waals surface area contributed by atoms with Crippen molar-refractivity contribution in [1.29, 1.82) is 0 Å². The first-order chi connectivity index (χ1) is 18.5. The summed E-state index contributed by atoms with van der Waals surface area (Å²) < 4.78 is 12.6. The van der Waals surface area contributed by atoms with Crippen LogP contribution in [0, 0.1) is 11.3 Å². The molecule has 5 aliphatic carbocycles. The quantitative estimate of drug-likeness (QED) is 0.459. The average Bonchev–Trinajstić information content (AvgIpc) is 3.67. The van der Waals surface area contributed by atoms with E-state index in [9.17, 15) is 9.90 Å². The number of ether oxygens (including phenoxy) is 2. The molecule has 2 aromatic rings. The van der Waals surface area contributed by atoms with Crippen LogP contribution in [0.2, 0.25) is 0 Å². The van der Waals surface area contributed by atoms with Gasteiger partial charge in [-0.05, 0) is 67.8 Å². The first-order valence-corrected chi connectivity index (χ1v) is 14.1. The fourth-order valence-corrected chi connectivity index (χ4v) is 8.75. The number of likely N-dealkylation sites (tertiary alicyclic amines) is 1. The summed E-state index contributed by atoms with van der Waals surface area (Å²) in [5, 5.41) is 15.6. The van der Waals surface area contributed by atoms with Crippen LogP contribution in [-0.2, 0) is 16.6 Å². The summed E-state index contributed by atoms with van der Waals surface area (Å²) in [7, 11) is 1.69. The van der Waals surface area contributed by atoms with Crippen LogP contribution in [0.25, 0.3) is 6.08 Å². The second-order valence-corrected chi connectivity index (χ2v) is 12.3. The van der Waals surface area contributed by atoms with Crippen LogP contribution in [0.3, 0.4) is 0 Å². The fourth-order valence-electron chi connectivity index (χ4n) is 8.75. The Morgan fingerprint density at radius 2 is 2.05 bits per heavy atom. The lowest BCUT2D eigenvalue weighted by molar-refractivity contribution is -0.193. The zero-order valence-electron chi connectivity index (χ0n) is 21.7. The first kappa shape index (κ1) is 22.9. The zero-order chi connectivity index (χ0) is 25.7. The fraction of sp³-hybridized carbons (Fsp3) is 0.469. The van der Waals surface area contributed by atoms with Gasteiger partial charge < -0.3 is 19.9 Å². The molecular weight excluding hydrogens is 476 g/mol. The molecule has 0 aromatic heterocycles. The van der Waals surface area contributed by atoms with Crippen LogP contribution in [0.1, 0.15) is 42.4 Å². The van der Waals surface area contributed by atoms with E-state index in [1.54, 1.807) is 13.2 Å². The number of hydrogen-bond acceptors (Lipinski definition) is 5. The van der Waals surface area contributed by atoms with Gasteiger partial charge in [0, 0.05) is 29.6 Å². The third-order valence-corrected chi connectivity index (χ3v) is 10.5. The molecule has 9 rings (SSSR count). The van der Waals surface area contributed by atoms with E-state index in [4.69, 9.17) is 9.47 Å². The Labute approximate surface area is 223 Å². The number of piperidine rings is 1. The van der Waals surface area contributed by atoms with Gasteiger partial charge in [-0.25, -0.2) is 0 Å². The summed E-state index contributed by atoms with van der Waals surface area (Å²) in [5.41, 5.74) is 1.70. The molecule has 1 saturated heterocycles. The molecule has 7 aliphatic rings. The Hall–Kier alpha value is -3.09. The molecular formula is C32H34N2O4. The van der Waals surface area contributed by atoms with Gasteiger partial charge in [0.05, 0.1) is 18.6 Å². The van der Waals surface area contributed by atoms with Gasteiger partial charge in [0.1, 0.15) is 11.7 Å². The van der Waals surface area contributed by atoms with Crippen LogP contribution in [0.4, 0.5) is 0 Å². The number of aliphatic hydroxyl groups is 1. The van der Waals surface area contributed by atoms with E-state index in [-0.39, 0.29) is 16.7 Å². The minimum Gasteiger partial charge on any atom is -0.493 e. The van der Waals surface area contributed by atoms with Crippen LogP contribution < -0.4 is 14.8 Å². The molecule has 2 aliphatic heterocycles. The number of rotatable bonds is 6. The molecule has 6 heteroatoms. The maximum Gasteiger partial charge on any atom is 0.244 e. The van der Waals surface area contributed by atoms with E-state index >= 15 is 0 Å². The van der Waals surface area contributed by atoms with E-state index in [1.807, 2.05) is 48.6 Å². The number of methoxy groups -OCH3 is 1. The molecule has 1 amide bonds. The van der Waals surface area contributed by atoms with Crippen molar-refractivity contribution in [3.63, 3.8) is 0 Å². The Balaban J connectivity index is 1.22. The third kappa shape index (κ3) is 2.83.